The number of halogens is 1. The van der Waals surface area contributed by atoms with Crippen LogP contribution in [0.15, 0.2) is 17.0 Å². The first-order valence-electron chi connectivity index (χ1n) is 4.60. The Morgan fingerprint density at radius 2 is 1.82 bits per heavy atom. The molecule has 1 aromatic carbocycles. The zero-order valence-electron chi connectivity index (χ0n) is 9.19. The van der Waals surface area contributed by atoms with E-state index in [1.54, 1.807) is 13.8 Å². The standard InChI is InChI=1S/C10H11ClO5S/c1-6-3-8(16-5-9(12)13)4-7(2)10(6)17(11,14)15/h3-4H,5H2,1-2H3,(H,12,13)/p-1. The lowest BCUT2D eigenvalue weighted by Crippen LogP contribution is -2.29. The minimum atomic E-state index is -3.82. The molecule has 0 aliphatic heterocycles. The quantitative estimate of drug-likeness (QED) is 0.742. The summed E-state index contributed by atoms with van der Waals surface area (Å²) in [5.41, 5.74) is 0.793. The maximum absolute atomic E-state index is 11.3. The number of benzene rings is 1. The van der Waals surface area contributed by atoms with Gasteiger partial charge in [-0.3, -0.25) is 0 Å². The molecule has 0 saturated heterocycles. The molecule has 0 unspecified atom stereocenters. The van der Waals surface area contributed by atoms with Crippen molar-refractivity contribution in [1.29, 1.82) is 0 Å². The fourth-order valence-electron chi connectivity index (χ4n) is 1.52. The summed E-state index contributed by atoms with van der Waals surface area (Å²) in [4.78, 5) is 10.2. The number of hydrogen-bond donors (Lipinski definition) is 0. The average Bonchev–Trinajstić information content (AvgIpc) is 2.11. The summed E-state index contributed by atoms with van der Waals surface area (Å²) >= 11 is 0. The Kier molecular flexibility index (Phi) is 4.00. The molecule has 0 N–H and O–H groups in total. The van der Waals surface area contributed by atoms with Crippen LogP contribution in [0.5, 0.6) is 5.75 Å². The number of carbonyl (C=O) groups excluding carboxylic acids is 1. The van der Waals surface area contributed by atoms with E-state index in [9.17, 15) is 18.3 Å². The Balaban J connectivity index is 3.15. The summed E-state index contributed by atoms with van der Waals surface area (Å²) in [6.07, 6.45) is 0. The molecule has 0 aliphatic rings. The van der Waals surface area contributed by atoms with Gasteiger partial charge in [0.25, 0.3) is 9.05 Å². The maximum Gasteiger partial charge on any atom is 0.261 e. The van der Waals surface area contributed by atoms with Gasteiger partial charge >= 0.3 is 0 Å². The van der Waals surface area contributed by atoms with E-state index in [1.165, 1.54) is 12.1 Å². The third-order valence-corrected chi connectivity index (χ3v) is 3.63. The molecule has 5 nitrogen and oxygen atoms in total. The van der Waals surface area contributed by atoms with E-state index in [2.05, 4.69) is 0 Å². The molecule has 7 heteroatoms. The Bertz CT molecular complexity index is 527. The monoisotopic (exact) mass is 277 g/mol. The summed E-state index contributed by atoms with van der Waals surface area (Å²) in [6.45, 7) is 2.51. The highest BCUT2D eigenvalue weighted by Crippen LogP contribution is 2.28. The van der Waals surface area contributed by atoms with Crippen LogP contribution in [0.25, 0.3) is 0 Å². The largest absolute Gasteiger partial charge is 0.546 e. The van der Waals surface area contributed by atoms with Crippen LogP contribution in [0.1, 0.15) is 11.1 Å². The van der Waals surface area contributed by atoms with Crippen LogP contribution in [-0.2, 0) is 13.8 Å². The second kappa shape index (κ2) is 4.93. The van der Waals surface area contributed by atoms with Crippen molar-refractivity contribution in [2.45, 2.75) is 18.7 Å². The Morgan fingerprint density at radius 1 is 1.35 bits per heavy atom. The topological polar surface area (TPSA) is 83.5 Å². The molecule has 0 atom stereocenters. The van der Waals surface area contributed by atoms with Gasteiger partial charge in [-0.1, -0.05) is 0 Å². The number of aliphatic carboxylic acids is 1. The van der Waals surface area contributed by atoms with Gasteiger partial charge < -0.3 is 14.6 Å². The van der Waals surface area contributed by atoms with Gasteiger partial charge in [0.1, 0.15) is 12.4 Å². The van der Waals surface area contributed by atoms with Crippen LogP contribution in [0.3, 0.4) is 0 Å². The van der Waals surface area contributed by atoms with Crippen LogP contribution in [-0.4, -0.2) is 21.0 Å². The molecular weight excluding hydrogens is 268 g/mol. The second-order valence-electron chi connectivity index (χ2n) is 3.48. The highest BCUT2D eigenvalue weighted by Gasteiger charge is 2.17. The number of carbonyl (C=O) groups is 1. The number of rotatable bonds is 4. The van der Waals surface area contributed by atoms with E-state index in [4.69, 9.17) is 15.4 Å². The van der Waals surface area contributed by atoms with E-state index in [-0.39, 0.29) is 10.6 Å². The van der Waals surface area contributed by atoms with Crippen LogP contribution >= 0.6 is 10.7 Å². The van der Waals surface area contributed by atoms with Crippen molar-refractivity contribution in [3.63, 3.8) is 0 Å². The fourth-order valence-corrected chi connectivity index (χ4v) is 3.14. The number of carboxylic acid groups (broad SMARTS) is 1. The smallest absolute Gasteiger partial charge is 0.261 e. The lowest BCUT2D eigenvalue weighted by molar-refractivity contribution is -0.307. The molecule has 0 aromatic heterocycles. The van der Waals surface area contributed by atoms with Gasteiger partial charge in [-0.25, -0.2) is 8.42 Å². The van der Waals surface area contributed by atoms with Gasteiger partial charge in [0, 0.05) is 10.7 Å². The molecule has 17 heavy (non-hydrogen) atoms. The molecule has 0 amide bonds. The Labute approximate surface area is 103 Å². The SMILES string of the molecule is Cc1cc(OCC(=O)[O-])cc(C)c1S(=O)(=O)Cl. The summed E-state index contributed by atoms with van der Waals surface area (Å²) in [7, 11) is 1.45. The zero-order chi connectivity index (χ0) is 13.2. The van der Waals surface area contributed by atoms with E-state index < -0.39 is 21.6 Å². The molecular formula is C10H10ClO5S-. The highest BCUT2D eigenvalue weighted by molar-refractivity contribution is 8.13. The Morgan fingerprint density at radius 3 is 2.18 bits per heavy atom. The number of aryl methyl sites for hydroxylation is 2. The van der Waals surface area contributed by atoms with Crippen molar-refractivity contribution in [3.05, 3.63) is 23.3 Å². The van der Waals surface area contributed by atoms with Crippen LogP contribution in [0.4, 0.5) is 0 Å². The zero-order valence-corrected chi connectivity index (χ0v) is 10.8. The minimum Gasteiger partial charge on any atom is -0.546 e. The first-order chi connectivity index (χ1) is 7.71. The van der Waals surface area contributed by atoms with Crippen LogP contribution in [0, 0.1) is 13.8 Å². The van der Waals surface area contributed by atoms with Gasteiger partial charge in [-0.15, -0.1) is 0 Å². The molecule has 0 heterocycles. The molecule has 94 valence electrons. The van der Waals surface area contributed by atoms with Gasteiger partial charge in [-0.05, 0) is 37.1 Å². The van der Waals surface area contributed by atoms with Crippen LogP contribution in [0.2, 0.25) is 0 Å². The third kappa shape index (κ3) is 3.61. The van der Waals surface area contributed by atoms with E-state index >= 15 is 0 Å². The van der Waals surface area contributed by atoms with Gasteiger partial charge in [-0.2, -0.15) is 0 Å². The van der Waals surface area contributed by atoms with Crippen molar-refractivity contribution in [1.82, 2.24) is 0 Å². The van der Waals surface area contributed by atoms with E-state index in [1.807, 2.05) is 0 Å². The van der Waals surface area contributed by atoms with Crippen molar-refractivity contribution in [3.8, 4) is 5.75 Å². The molecule has 0 bridgehead atoms. The third-order valence-electron chi connectivity index (χ3n) is 2.03. The first kappa shape index (κ1) is 13.8. The minimum absolute atomic E-state index is 0.0139. The van der Waals surface area contributed by atoms with Crippen molar-refractivity contribution in [2.24, 2.45) is 0 Å². The molecule has 0 fully saturated rings. The molecule has 0 spiro atoms. The predicted octanol–water partition coefficient (Wildman–Crippen LogP) is 0.360. The van der Waals surface area contributed by atoms with E-state index in [0.717, 1.165) is 0 Å². The molecule has 1 aromatic rings. The lowest BCUT2D eigenvalue weighted by atomic mass is 10.1. The summed E-state index contributed by atoms with van der Waals surface area (Å²) in [5.74, 6) is -1.09. The predicted molar refractivity (Wildman–Crippen MR) is 59.5 cm³/mol. The fraction of sp³-hybridized carbons (Fsp3) is 0.300. The average molecular weight is 278 g/mol. The Hall–Kier alpha value is -1.27. The van der Waals surface area contributed by atoms with Gasteiger partial charge in [0.05, 0.1) is 10.9 Å². The summed E-state index contributed by atoms with van der Waals surface area (Å²) < 4.78 is 27.4. The number of carboxylic acids is 1. The number of ether oxygens (including phenoxy) is 1. The van der Waals surface area contributed by atoms with Crippen LogP contribution < -0.4 is 9.84 Å². The van der Waals surface area contributed by atoms with Crippen molar-refractivity contribution >= 4 is 25.7 Å². The normalized spacial score (nSPS) is 11.2. The summed E-state index contributed by atoms with van der Waals surface area (Å²) in [5, 5.41) is 10.2. The molecule has 0 saturated carbocycles. The lowest BCUT2D eigenvalue weighted by Gasteiger charge is -2.11. The second-order valence-corrected chi connectivity index (χ2v) is 5.99. The molecule has 1 rings (SSSR count). The number of hydrogen-bond acceptors (Lipinski definition) is 5. The van der Waals surface area contributed by atoms with Gasteiger partial charge in [0.15, 0.2) is 0 Å². The molecule has 0 aliphatic carbocycles. The van der Waals surface area contributed by atoms with Crippen molar-refractivity contribution in [2.75, 3.05) is 6.61 Å². The van der Waals surface area contributed by atoms with E-state index in [0.29, 0.717) is 11.1 Å². The maximum atomic E-state index is 11.3. The first-order valence-corrected chi connectivity index (χ1v) is 6.91. The summed E-state index contributed by atoms with van der Waals surface area (Å²) in [6, 6.07) is 2.82. The van der Waals surface area contributed by atoms with Crippen molar-refractivity contribution < 1.29 is 23.1 Å². The molecule has 0 radical (unpaired) electrons. The highest BCUT2D eigenvalue weighted by atomic mass is 35.7. The van der Waals surface area contributed by atoms with Gasteiger partial charge in [0.2, 0.25) is 0 Å².